The summed E-state index contributed by atoms with van der Waals surface area (Å²) in [7, 11) is -1.93. The SMILES string of the molecule is CCNCCNS(=O)(=O)c1ccc(OC)c(Br)c1. The highest BCUT2D eigenvalue weighted by Gasteiger charge is 2.14. The summed E-state index contributed by atoms with van der Waals surface area (Å²) in [5.74, 6) is 0.599. The molecule has 0 radical (unpaired) electrons. The van der Waals surface area contributed by atoms with Crippen LogP contribution in [0.2, 0.25) is 0 Å². The third-order valence-corrected chi connectivity index (χ3v) is 4.36. The highest BCUT2D eigenvalue weighted by Crippen LogP contribution is 2.27. The van der Waals surface area contributed by atoms with Gasteiger partial charge in [-0.25, -0.2) is 13.1 Å². The zero-order chi connectivity index (χ0) is 13.6. The van der Waals surface area contributed by atoms with E-state index in [9.17, 15) is 8.42 Å². The predicted molar refractivity (Wildman–Crippen MR) is 74.4 cm³/mol. The Bertz CT molecular complexity index is 491. The van der Waals surface area contributed by atoms with Gasteiger partial charge in [0.2, 0.25) is 10.0 Å². The van der Waals surface area contributed by atoms with E-state index in [0.717, 1.165) is 6.54 Å². The Hall–Kier alpha value is -0.630. The zero-order valence-corrected chi connectivity index (χ0v) is 12.8. The minimum atomic E-state index is -3.46. The van der Waals surface area contributed by atoms with Crippen LogP contribution in [-0.4, -0.2) is 35.2 Å². The Morgan fingerprint density at radius 3 is 2.61 bits per heavy atom. The maximum Gasteiger partial charge on any atom is 0.240 e. The molecular formula is C11H17BrN2O3S. The summed E-state index contributed by atoms with van der Waals surface area (Å²) in [4.78, 5) is 0.215. The molecule has 1 aromatic carbocycles. The Morgan fingerprint density at radius 2 is 2.06 bits per heavy atom. The number of ether oxygens (including phenoxy) is 1. The van der Waals surface area contributed by atoms with Crippen molar-refractivity contribution < 1.29 is 13.2 Å². The topological polar surface area (TPSA) is 67.4 Å². The van der Waals surface area contributed by atoms with Gasteiger partial charge in [-0.15, -0.1) is 0 Å². The van der Waals surface area contributed by atoms with Crippen LogP contribution in [-0.2, 0) is 10.0 Å². The van der Waals surface area contributed by atoms with Crippen LogP contribution in [0.3, 0.4) is 0 Å². The monoisotopic (exact) mass is 336 g/mol. The largest absolute Gasteiger partial charge is 0.496 e. The molecule has 0 heterocycles. The molecule has 0 aliphatic heterocycles. The lowest BCUT2D eigenvalue weighted by Crippen LogP contribution is -2.31. The molecule has 0 aliphatic carbocycles. The Kier molecular flexibility index (Phi) is 6.07. The van der Waals surface area contributed by atoms with Gasteiger partial charge in [0.15, 0.2) is 0 Å². The Labute approximate surface area is 116 Å². The standard InChI is InChI=1S/C11H17BrN2O3S/c1-3-13-6-7-14-18(15,16)9-4-5-11(17-2)10(12)8-9/h4-5,8,13-14H,3,6-7H2,1-2H3. The first kappa shape index (κ1) is 15.4. The van der Waals surface area contributed by atoms with Gasteiger partial charge in [0.25, 0.3) is 0 Å². The second-order valence-corrected chi connectivity index (χ2v) is 6.17. The number of benzene rings is 1. The summed E-state index contributed by atoms with van der Waals surface area (Å²) in [5.41, 5.74) is 0. The Morgan fingerprint density at radius 1 is 1.33 bits per heavy atom. The predicted octanol–water partition coefficient (Wildman–Crippen LogP) is 1.35. The second kappa shape index (κ2) is 7.08. The maximum absolute atomic E-state index is 11.9. The fourth-order valence-corrected chi connectivity index (χ4v) is 3.10. The van der Waals surface area contributed by atoms with E-state index in [-0.39, 0.29) is 4.90 Å². The van der Waals surface area contributed by atoms with Crippen molar-refractivity contribution in [2.75, 3.05) is 26.7 Å². The van der Waals surface area contributed by atoms with Crippen molar-refractivity contribution in [3.63, 3.8) is 0 Å². The van der Waals surface area contributed by atoms with Crippen molar-refractivity contribution in [3.8, 4) is 5.75 Å². The van der Waals surface area contributed by atoms with Crippen LogP contribution in [0.25, 0.3) is 0 Å². The molecule has 0 spiro atoms. The van der Waals surface area contributed by atoms with Crippen molar-refractivity contribution in [2.24, 2.45) is 0 Å². The lowest BCUT2D eigenvalue weighted by atomic mass is 10.3. The number of halogens is 1. The van der Waals surface area contributed by atoms with Crippen LogP contribution in [0.5, 0.6) is 5.75 Å². The van der Waals surface area contributed by atoms with Gasteiger partial charge in [0, 0.05) is 13.1 Å². The van der Waals surface area contributed by atoms with E-state index in [1.54, 1.807) is 6.07 Å². The zero-order valence-electron chi connectivity index (χ0n) is 10.4. The van der Waals surface area contributed by atoms with Crippen LogP contribution in [0.15, 0.2) is 27.6 Å². The average Bonchev–Trinajstić information content (AvgIpc) is 2.34. The van der Waals surface area contributed by atoms with Crippen molar-refractivity contribution >= 4 is 26.0 Å². The summed E-state index contributed by atoms with van der Waals surface area (Å²) >= 11 is 3.26. The highest BCUT2D eigenvalue weighted by atomic mass is 79.9. The van der Waals surface area contributed by atoms with Crippen molar-refractivity contribution in [1.29, 1.82) is 0 Å². The number of rotatable bonds is 7. The minimum absolute atomic E-state index is 0.215. The summed E-state index contributed by atoms with van der Waals surface area (Å²) in [6, 6.07) is 4.65. The normalized spacial score (nSPS) is 11.5. The fraction of sp³-hybridized carbons (Fsp3) is 0.455. The van der Waals surface area contributed by atoms with E-state index in [4.69, 9.17) is 4.74 Å². The van der Waals surface area contributed by atoms with Crippen LogP contribution >= 0.6 is 15.9 Å². The summed E-state index contributed by atoms with van der Waals surface area (Å²) in [5, 5.41) is 3.05. The molecule has 1 aromatic rings. The van der Waals surface area contributed by atoms with Gasteiger partial charge in [0.1, 0.15) is 5.75 Å². The molecule has 2 N–H and O–H groups in total. The number of nitrogens with one attached hydrogen (secondary N) is 2. The first-order valence-electron chi connectivity index (χ1n) is 5.55. The quantitative estimate of drug-likeness (QED) is 0.737. The summed E-state index contributed by atoms with van der Waals surface area (Å²) in [6.45, 7) is 3.75. The Balaban J connectivity index is 2.76. The number of sulfonamides is 1. The third-order valence-electron chi connectivity index (χ3n) is 2.28. The van der Waals surface area contributed by atoms with E-state index >= 15 is 0 Å². The van der Waals surface area contributed by atoms with Gasteiger partial charge in [0.05, 0.1) is 16.5 Å². The maximum atomic E-state index is 11.9. The number of hydrogen-bond acceptors (Lipinski definition) is 4. The molecule has 18 heavy (non-hydrogen) atoms. The van der Waals surface area contributed by atoms with Crippen LogP contribution in [0, 0.1) is 0 Å². The van der Waals surface area contributed by atoms with Gasteiger partial charge in [-0.1, -0.05) is 6.92 Å². The molecule has 102 valence electrons. The first-order chi connectivity index (χ1) is 8.51. The van der Waals surface area contributed by atoms with E-state index in [2.05, 4.69) is 26.0 Å². The van der Waals surface area contributed by atoms with Gasteiger partial charge in [-0.05, 0) is 40.7 Å². The second-order valence-electron chi connectivity index (χ2n) is 3.55. The molecule has 0 aromatic heterocycles. The molecule has 0 saturated carbocycles. The van der Waals surface area contributed by atoms with Crippen molar-refractivity contribution in [3.05, 3.63) is 22.7 Å². The molecule has 7 heteroatoms. The summed E-state index contributed by atoms with van der Waals surface area (Å²) in [6.07, 6.45) is 0. The van der Waals surface area contributed by atoms with Crippen LogP contribution in [0.4, 0.5) is 0 Å². The number of methoxy groups -OCH3 is 1. The minimum Gasteiger partial charge on any atom is -0.496 e. The lowest BCUT2D eigenvalue weighted by molar-refractivity contribution is 0.411. The first-order valence-corrected chi connectivity index (χ1v) is 7.82. The van der Waals surface area contributed by atoms with Gasteiger partial charge in [-0.3, -0.25) is 0 Å². The average molecular weight is 337 g/mol. The van der Waals surface area contributed by atoms with E-state index in [1.807, 2.05) is 6.92 Å². The van der Waals surface area contributed by atoms with E-state index in [0.29, 0.717) is 23.3 Å². The molecule has 0 fully saturated rings. The summed E-state index contributed by atoms with van der Waals surface area (Å²) < 4.78 is 32.1. The fourth-order valence-electron chi connectivity index (χ4n) is 1.35. The lowest BCUT2D eigenvalue weighted by Gasteiger charge is -2.09. The molecule has 0 aliphatic rings. The molecule has 0 unspecified atom stereocenters. The smallest absolute Gasteiger partial charge is 0.240 e. The van der Waals surface area contributed by atoms with Crippen LogP contribution in [0.1, 0.15) is 6.92 Å². The van der Waals surface area contributed by atoms with Gasteiger partial charge in [-0.2, -0.15) is 0 Å². The molecule has 0 amide bonds. The van der Waals surface area contributed by atoms with Crippen molar-refractivity contribution in [1.82, 2.24) is 10.0 Å². The highest BCUT2D eigenvalue weighted by molar-refractivity contribution is 9.10. The third kappa shape index (κ3) is 4.24. The molecule has 0 saturated heterocycles. The van der Waals surface area contributed by atoms with Gasteiger partial charge < -0.3 is 10.1 Å². The molecule has 5 nitrogen and oxygen atoms in total. The molecule has 0 atom stereocenters. The van der Waals surface area contributed by atoms with E-state index < -0.39 is 10.0 Å². The van der Waals surface area contributed by atoms with Crippen molar-refractivity contribution in [2.45, 2.75) is 11.8 Å². The molecular weight excluding hydrogens is 320 g/mol. The van der Waals surface area contributed by atoms with Gasteiger partial charge >= 0.3 is 0 Å². The van der Waals surface area contributed by atoms with E-state index in [1.165, 1.54) is 19.2 Å². The number of likely N-dealkylation sites (N-methyl/N-ethyl adjacent to an activating group) is 1. The number of hydrogen-bond donors (Lipinski definition) is 2. The molecule has 0 bridgehead atoms. The van der Waals surface area contributed by atoms with Crippen LogP contribution < -0.4 is 14.8 Å². The molecule has 1 rings (SSSR count).